The SMILES string of the molecule is CC(C)(C)N1CCCCC1CC#N. The summed E-state index contributed by atoms with van der Waals surface area (Å²) in [4.78, 5) is 2.49. The largest absolute Gasteiger partial charge is 0.295 e. The van der Waals surface area contributed by atoms with E-state index in [1.165, 1.54) is 19.3 Å². The van der Waals surface area contributed by atoms with Crippen LogP contribution in [0.25, 0.3) is 0 Å². The van der Waals surface area contributed by atoms with Gasteiger partial charge in [0, 0.05) is 11.6 Å². The minimum absolute atomic E-state index is 0.224. The van der Waals surface area contributed by atoms with E-state index < -0.39 is 0 Å². The van der Waals surface area contributed by atoms with E-state index in [1.54, 1.807) is 0 Å². The highest BCUT2D eigenvalue weighted by Gasteiger charge is 2.30. The highest BCUT2D eigenvalue weighted by Crippen LogP contribution is 2.26. The third-order valence-corrected chi connectivity index (χ3v) is 2.82. The Morgan fingerprint density at radius 2 is 2.08 bits per heavy atom. The Labute approximate surface area is 81.5 Å². The van der Waals surface area contributed by atoms with Crippen LogP contribution in [0.3, 0.4) is 0 Å². The van der Waals surface area contributed by atoms with Crippen molar-refractivity contribution in [3.05, 3.63) is 0 Å². The van der Waals surface area contributed by atoms with Gasteiger partial charge in [0.15, 0.2) is 0 Å². The molecule has 1 saturated heterocycles. The molecule has 0 aromatic carbocycles. The Morgan fingerprint density at radius 3 is 2.62 bits per heavy atom. The van der Waals surface area contributed by atoms with Crippen LogP contribution in [0.4, 0.5) is 0 Å². The molecule has 1 atom stereocenters. The van der Waals surface area contributed by atoms with E-state index in [9.17, 15) is 0 Å². The molecule has 74 valence electrons. The van der Waals surface area contributed by atoms with Gasteiger partial charge < -0.3 is 0 Å². The second-order valence-corrected chi connectivity index (χ2v) is 4.88. The molecule has 1 aliphatic heterocycles. The van der Waals surface area contributed by atoms with Crippen LogP contribution < -0.4 is 0 Å². The number of hydrogen-bond donors (Lipinski definition) is 0. The molecule has 13 heavy (non-hydrogen) atoms. The number of hydrogen-bond acceptors (Lipinski definition) is 2. The molecule has 0 amide bonds. The molecule has 1 fully saturated rings. The summed E-state index contributed by atoms with van der Waals surface area (Å²) in [6.45, 7) is 7.88. The molecule has 0 bridgehead atoms. The lowest BCUT2D eigenvalue weighted by atomic mass is 9.93. The lowest BCUT2D eigenvalue weighted by molar-refractivity contribution is 0.0539. The van der Waals surface area contributed by atoms with Gasteiger partial charge in [-0.05, 0) is 40.2 Å². The van der Waals surface area contributed by atoms with Gasteiger partial charge in [0.1, 0.15) is 0 Å². The molecular formula is C11H20N2. The van der Waals surface area contributed by atoms with Crippen LogP contribution in [0.2, 0.25) is 0 Å². The highest BCUT2D eigenvalue weighted by molar-refractivity contribution is 4.90. The van der Waals surface area contributed by atoms with Crippen molar-refractivity contribution in [1.29, 1.82) is 5.26 Å². The average Bonchev–Trinajstić information content (AvgIpc) is 2.04. The number of nitrogens with zero attached hydrogens (tertiary/aromatic N) is 2. The summed E-state index contributed by atoms with van der Waals surface area (Å²) in [5.41, 5.74) is 0.224. The van der Waals surface area contributed by atoms with Gasteiger partial charge >= 0.3 is 0 Å². The molecule has 0 aliphatic carbocycles. The molecule has 0 radical (unpaired) electrons. The Morgan fingerprint density at radius 1 is 1.38 bits per heavy atom. The van der Waals surface area contributed by atoms with Crippen molar-refractivity contribution in [2.45, 2.75) is 58.0 Å². The molecule has 0 N–H and O–H groups in total. The normalized spacial score (nSPS) is 25.5. The molecule has 1 heterocycles. The molecule has 0 saturated carbocycles. The predicted molar refractivity (Wildman–Crippen MR) is 54.3 cm³/mol. The fraction of sp³-hybridized carbons (Fsp3) is 0.909. The molecule has 1 rings (SSSR count). The first-order valence-electron chi connectivity index (χ1n) is 5.19. The Hall–Kier alpha value is -0.550. The van der Waals surface area contributed by atoms with E-state index in [4.69, 9.17) is 5.26 Å². The fourth-order valence-corrected chi connectivity index (χ4v) is 2.20. The molecule has 1 unspecified atom stereocenters. The highest BCUT2D eigenvalue weighted by atomic mass is 15.2. The van der Waals surface area contributed by atoms with Gasteiger partial charge in [-0.15, -0.1) is 0 Å². The second kappa shape index (κ2) is 4.11. The third kappa shape index (κ3) is 2.70. The van der Waals surface area contributed by atoms with Gasteiger partial charge in [0.25, 0.3) is 0 Å². The first kappa shape index (κ1) is 10.5. The van der Waals surface area contributed by atoms with Crippen LogP contribution >= 0.6 is 0 Å². The van der Waals surface area contributed by atoms with E-state index in [0.717, 1.165) is 6.54 Å². The molecule has 0 aromatic heterocycles. The summed E-state index contributed by atoms with van der Waals surface area (Å²) in [6.07, 6.45) is 4.47. The Balaban J connectivity index is 2.63. The van der Waals surface area contributed by atoms with Crippen LogP contribution in [0.15, 0.2) is 0 Å². The topological polar surface area (TPSA) is 27.0 Å². The molecule has 0 spiro atoms. The van der Waals surface area contributed by atoms with Gasteiger partial charge in [-0.25, -0.2) is 0 Å². The number of nitriles is 1. The van der Waals surface area contributed by atoms with E-state index in [1.807, 2.05) is 0 Å². The summed E-state index contributed by atoms with van der Waals surface area (Å²) in [5, 5.41) is 8.73. The van der Waals surface area contributed by atoms with Gasteiger partial charge in [0.2, 0.25) is 0 Å². The minimum atomic E-state index is 0.224. The zero-order valence-electron chi connectivity index (χ0n) is 9.01. The van der Waals surface area contributed by atoms with Crippen LogP contribution in [0.1, 0.15) is 46.5 Å². The number of rotatable bonds is 1. The lowest BCUT2D eigenvalue weighted by Gasteiger charge is -2.43. The second-order valence-electron chi connectivity index (χ2n) is 4.88. The number of piperidine rings is 1. The van der Waals surface area contributed by atoms with Crippen molar-refractivity contribution < 1.29 is 0 Å². The molecule has 2 nitrogen and oxygen atoms in total. The summed E-state index contributed by atoms with van der Waals surface area (Å²) in [7, 11) is 0. The number of likely N-dealkylation sites (tertiary alicyclic amines) is 1. The Kier molecular flexibility index (Phi) is 3.33. The standard InChI is InChI=1S/C11H20N2/c1-11(2,3)13-9-5-4-6-10(13)7-8-12/h10H,4-7,9H2,1-3H3. The van der Waals surface area contributed by atoms with Gasteiger partial charge in [-0.2, -0.15) is 5.26 Å². The van der Waals surface area contributed by atoms with E-state index >= 15 is 0 Å². The lowest BCUT2D eigenvalue weighted by Crippen LogP contribution is -2.50. The maximum atomic E-state index is 8.73. The van der Waals surface area contributed by atoms with Crippen LogP contribution in [0, 0.1) is 11.3 Å². The first-order chi connectivity index (χ1) is 6.05. The maximum absolute atomic E-state index is 8.73. The summed E-state index contributed by atoms with van der Waals surface area (Å²) in [5.74, 6) is 0. The third-order valence-electron chi connectivity index (χ3n) is 2.82. The van der Waals surface area contributed by atoms with Crippen molar-refractivity contribution in [2.24, 2.45) is 0 Å². The van der Waals surface area contributed by atoms with Crippen molar-refractivity contribution >= 4 is 0 Å². The molecule has 0 aromatic rings. The van der Waals surface area contributed by atoms with Crippen molar-refractivity contribution in [3.8, 4) is 6.07 Å². The minimum Gasteiger partial charge on any atom is -0.295 e. The van der Waals surface area contributed by atoms with Crippen molar-refractivity contribution in [3.63, 3.8) is 0 Å². The quantitative estimate of drug-likeness (QED) is 0.620. The Bertz CT molecular complexity index is 197. The van der Waals surface area contributed by atoms with Crippen molar-refractivity contribution in [2.75, 3.05) is 6.54 Å². The van der Waals surface area contributed by atoms with Gasteiger partial charge in [-0.3, -0.25) is 4.90 Å². The maximum Gasteiger partial charge on any atom is 0.0638 e. The monoisotopic (exact) mass is 180 g/mol. The van der Waals surface area contributed by atoms with Crippen LogP contribution in [-0.2, 0) is 0 Å². The van der Waals surface area contributed by atoms with E-state index in [0.29, 0.717) is 12.5 Å². The fourth-order valence-electron chi connectivity index (χ4n) is 2.20. The molecule has 1 aliphatic rings. The van der Waals surface area contributed by atoms with Crippen LogP contribution in [-0.4, -0.2) is 23.0 Å². The van der Waals surface area contributed by atoms with Gasteiger partial charge in [0.05, 0.1) is 12.5 Å². The average molecular weight is 180 g/mol. The molecule has 2 heteroatoms. The zero-order valence-corrected chi connectivity index (χ0v) is 9.01. The smallest absolute Gasteiger partial charge is 0.0638 e. The van der Waals surface area contributed by atoms with E-state index in [-0.39, 0.29) is 5.54 Å². The predicted octanol–water partition coefficient (Wildman–Crippen LogP) is 2.55. The summed E-state index contributed by atoms with van der Waals surface area (Å²) >= 11 is 0. The van der Waals surface area contributed by atoms with E-state index in [2.05, 4.69) is 31.7 Å². The first-order valence-corrected chi connectivity index (χ1v) is 5.19. The molecular weight excluding hydrogens is 160 g/mol. The zero-order chi connectivity index (χ0) is 9.90. The van der Waals surface area contributed by atoms with Crippen LogP contribution in [0.5, 0.6) is 0 Å². The van der Waals surface area contributed by atoms with Gasteiger partial charge in [-0.1, -0.05) is 6.42 Å². The van der Waals surface area contributed by atoms with Crippen molar-refractivity contribution in [1.82, 2.24) is 4.90 Å². The summed E-state index contributed by atoms with van der Waals surface area (Å²) in [6, 6.07) is 2.80. The summed E-state index contributed by atoms with van der Waals surface area (Å²) < 4.78 is 0.